The van der Waals surface area contributed by atoms with Crippen LogP contribution in [0.25, 0.3) is 90.1 Å². The number of benzene rings is 9. The van der Waals surface area contributed by atoms with Crippen LogP contribution in [0.15, 0.2) is 206 Å². The molecule has 3 aromatic heterocycles. The van der Waals surface area contributed by atoms with Crippen LogP contribution in [-0.4, -0.2) is 4.57 Å². The Morgan fingerprint density at radius 3 is 1.41 bits per heavy atom. The number of hydrogen-bond acceptors (Lipinski definition) is 3. The highest BCUT2D eigenvalue weighted by Crippen LogP contribution is 2.44. The Kier molecular flexibility index (Phi) is 7.62. The smallest absolute Gasteiger partial charge is 0.0541 e. The van der Waals surface area contributed by atoms with Crippen molar-refractivity contribution in [2.75, 3.05) is 4.90 Å². The molecule has 3 heterocycles. The van der Waals surface area contributed by atoms with Crippen LogP contribution in [0.1, 0.15) is 0 Å². The van der Waals surface area contributed by atoms with Gasteiger partial charge in [0.1, 0.15) is 0 Å². The molecule has 0 aliphatic rings. The number of hydrogen-bond donors (Lipinski definition) is 0. The third-order valence-electron chi connectivity index (χ3n) is 11.6. The maximum atomic E-state index is 2.42. The Hall–Kier alpha value is -6.98. The molecule has 0 amide bonds. The molecule has 0 aliphatic carbocycles. The van der Waals surface area contributed by atoms with Gasteiger partial charge in [0.15, 0.2) is 0 Å². The van der Waals surface area contributed by atoms with Gasteiger partial charge in [-0.3, -0.25) is 0 Å². The predicted molar refractivity (Wildman–Crippen MR) is 252 cm³/mol. The van der Waals surface area contributed by atoms with Crippen molar-refractivity contribution < 1.29 is 0 Å². The number of thiophene rings is 2. The summed E-state index contributed by atoms with van der Waals surface area (Å²) in [6.45, 7) is 0. The summed E-state index contributed by atoms with van der Waals surface area (Å²) < 4.78 is 7.66. The summed E-state index contributed by atoms with van der Waals surface area (Å²) in [5.41, 5.74) is 11.8. The molecule has 4 heteroatoms. The zero-order valence-corrected chi connectivity index (χ0v) is 33.0. The molecule has 0 spiro atoms. The van der Waals surface area contributed by atoms with Crippen molar-refractivity contribution in [3.05, 3.63) is 206 Å². The third-order valence-corrected chi connectivity index (χ3v) is 13.9. The highest BCUT2D eigenvalue weighted by molar-refractivity contribution is 7.26. The number of anilines is 3. The van der Waals surface area contributed by atoms with E-state index in [9.17, 15) is 0 Å². The number of aromatic nitrogens is 1. The monoisotopic (exact) mass is 774 g/mol. The van der Waals surface area contributed by atoms with Crippen molar-refractivity contribution in [3.63, 3.8) is 0 Å². The SMILES string of the molecule is c1cc(-c2ccc(N(c3ccc4sc5ccccc5c4c3)c3ccc4sc5ccccc5c4c3)cc2)cc(-c2ccccc2-n2c3ccccc3c3ccccc32)c1. The Labute approximate surface area is 343 Å². The Bertz CT molecular complexity index is 3360. The Balaban J connectivity index is 0.968. The minimum atomic E-state index is 1.12. The molecule has 0 N–H and O–H groups in total. The fraction of sp³-hybridized carbons (Fsp3) is 0. The first-order valence-electron chi connectivity index (χ1n) is 19.7. The van der Waals surface area contributed by atoms with E-state index in [0.717, 1.165) is 17.1 Å². The molecule has 9 aromatic carbocycles. The lowest BCUT2D eigenvalue weighted by atomic mass is 9.97. The van der Waals surface area contributed by atoms with Gasteiger partial charge in [-0.1, -0.05) is 121 Å². The van der Waals surface area contributed by atoms with Crippen LogP contribution >= 0.6 is 22.7 Å². The summed E-state index contributed by atoms with van der Waals surface area (Å²) in [5.74, 6) is 0. The van der Waals surface area contributed by atoms with Crippen LogP contribution < -0.4 is 4.90 Å². The van der Waals surface area contributed by atoms with Gasteiger partial charge in [-0.25, -0.2) is 0 Å². The fourth-order valence-corrected chi connectivity index (χ4v) is 11.1. The molecule has 12 rings (SSSR count). The molecule has 0 atom stereocenters. The minimum Gasteiger partial charge on any atom is -0.310 e. The van der Waals surface area contributed by atoms with Gasteiger partial charge in [0.05, 0.1) is 16.7 Å². The molecule has 0 bridgehead atoms. The van der Waals surface area contributed by atoms with Crippen LogP contribution in [0.5, 0.6) is 0 Å². The summed E-state index contributed by atoms with van der Waals surface area (Å²) in [6, 6.07) is 75.7. The largest absolute Gasteiger partial charge is 0.310 e. The summed E-state index contributed by atoms with van der Waals surface area (Å²) in [4.78, 5) is 2.42. The van der Waals surface area contributed by atoms with Crippen LogP contribution in [-0.2, 0) is 0 Å². The summed E-state index contributed by atoms with van der Waals surface area (Å²) >= 11 is 3.72. The Morgan fingerprint density at radius 2 is 0.793 bits per heavy atom. The van der Waals surface area contributed by atoms with Gasteiger partial charge in [0, 0.05) is 73.7 Å². The zero-order chi connectivity index (χ0) is 38.2. The summed E-state index contributed by atoms with van der Waals surface area (Å²) in [7, 11) is 0. The van der Waals surface area contributed by atoms with E-state index in [4.69, 9.17) is 0 Å². The van der Waals surface area contributed by atoms with Crippen LogP contribution in [0, 0.1) is 0 Å². The van der Waals surface area contributed by atoms with Gasteiger partial charge < -0.3 is 9.47 Å². The first-order chi connectivity index (χ1) is 28.7. The quantitative estimate of drug-likeness (QED) is 0.163. The summed E-state index contributed by atoms with van der Waals surface area (Å²) in [6.07, 6.45) is 0. The van der Waals surface area contributed by atoms with E-state index in [1.165, 1.54) is 90.1 Å². The predicted octanol–water partition coefficient (Wildman–Crippen LogP) is 16.3. The van der Waals surface area contributed by atoms with E-state index in [1.54, 1.807) is 0 Å². The van der Waals surface area contributed by atoms with Crippen LogP contribution in [0.4, 0.5) is 17.1 Å². The van der Waals surface area contributed by atoms with Crippen molar-refractivity contribution in [1.29, 1.82) is 0 Å². The highest BCUT2D eigenvalue weighted by Gasteiger charge is 2.18. The lowest BCUT2D eigenvalue weighted by Gasteiger charge is -2.26. The molecule has 0 fully saturated rings. The average molecular weight is 775 g/mol. The van der Waals surface area contributed by atoms with Crippen LogP contribution in [0.2, 0.25) is 0 Å². The van der Waals surface area contributed by atoms with Gasteiger partial charge >= 0.3 is 0 Å². The average Bonchev–Trinajstić information content (AvgIpc) is 3.96. The summed E-state index contributed by atoms with van der Waals surface area (Å²) in [5, 5.41) is 7.72. The first kappa shape index (κ1) is 33.2. The molecule has 0 saturated carbocycles. The molecule has 272 valence electrons. The van der Waals surface area contributed by atoms with E-state index >= 15 is 0 Å². The van der Waals surface area contributed by atoms with Crippen molar-refractivity contribution >= 4 is 102 Å². The first-order valence-corrected chi connectivity index (χ1v) is 21.3. The number of rotatable bonds is 6. The second-order valence-electron chi connectivity index (χ2n) is 14.9. The molecule has 0 aliphatic heterocycles. The standard InChI is InChI=1S/C54H34N2S2/c1-6-19-48(56-49-20-7-2-15-42(49)43-16-3-8-21-50(43)56)41(14-1)37-13-11-12-36(32-37)35-24-26-38(27-25-35)55(39-28-30-53-46(33-39)44-17-4-9-22-51(44)57-53)40-29-31-54-47(34-40)45-18-5-10-23-52(45)58-54/h1-34H. The maximum Gasteiger partial charge on any atom is 0.0541 e. The molecule has 0 radical (unpaired) electrons. The van der Waals surface area contributed by atoms with Crippen LogP contribution in [0.3, 0.4) is 0 Å². The molecule has 12 aromatic rings. The van der Waals surface area contributed by atoms with Crippen molar-refractivity contribution in [2.24, 2.45) is 0 Å². The zero-order valence-electron chi connectivity index (χ0n) is 31.3. The van der Waals surface area contributed by atoms with Gasteiger partial charge in [-0.05, 0) is 102 Å². The van der Waals surface area contributed by atoms with E-state index < -0.39 is 0 Å². The van der Waals surface area contributed by atoms with E-state index in [2.05, 4.69) is 216 Å². The molecular formula is C54H34N2S2. The minimum absolute atomic E-state index is 1.12. The third kappa shape index (κ3) is 5.30. The molecule has 0 saturated heterocycles. The number of para-hydroxylation sites is 3. The van der Waals surface area contributed by atoms with E-state index in [1.807, 2.05) is 22.7 Å². The topological polar surface area (TPSA) is 8.17 Å². The van der Waals surface area contributed by atoms with Gasteiger partial charge in [-0.2, -0.15) is 0 Å². The molecule has 58 heavy (non-hydrogen) atoms. The molecule has 2 nitrogen and oxygen atoms in total. The van der Waals surface area contributed by atoms with Crippen molar-refractivity contribution in [3.8, 4) is 27.9 Å². The van der Waals surface area contributed by atoms with Gasteiger partial charge in [0.2, 0.25) is 0 Å². The number of nitrogens with zero attached hydrogens (tertiary/aromatic N) is 2. The molecule has 0 unspecified atom stereocenters. The van der Waals surface area contributed by atoms with Gasteiger partial charge in [0.25, 0.3) is 0 Å². The number of fused-ring (bicyclic) bond motifs is 9. The van der Waals surface area contributed by atoms with Crippen molar-refractivity contribution in [1.82, 2.24) is 4.57 Å². The second-order valence-corrected chi connectivity index (χ2v) is 17.1. The lowest BCUT2D eigenvalue weighted by Crippen LogP contribution is -2.09. The maximum absolute atomic E-state index is 2.42. The second kappa shape index (κ2) is 13.3. The van der Waals surface area contributed by atoms with Gasteiger partial charge in [-0.15, -0.1) is 22.7 Å². The van der Waals surface area contributed by atoms with E-state index in [0.29, 0.717) is 0 Å². The lowest BCUT2D eigenvalue weighted by molar-refractivity contribution is 1.18. The molecular weight excluding hydrogens is 741 g/mol. The fourth-order valence-electron chi connectivity index (χ4n) is 8.92. The van der Waals surface area contributed by atoms with Crippen molar-refractivity contribution in [2.45, 2.75) is 0 Å². The Morgan fingerprint density at radius 1 is 0.310 bits per heavy atom. The highest BCUT2D eigenvalue weighted by atomic mass is 32.1. The van der Waals surface area contributed by atoms with E-state index in [-0.39, 0.29) is 0 Å². The normalized spacial score (nSPS) is 11.8.